The Kier molecular flexibility index (Phi) is 6.96. The van der Waals surface area contributed by atoms with Crippen LogP contribution in [0, 0.1) is 13.8 Å². The van der Waals surface area contributed by atoms with Gasteiger partial charge in [0.15, 0.2) is 10.7 Å². The van der Waals surface area contributed by atoms with Gasteiger partial charge in [0.1, 0.15) is 17.9 Å². The number of thiocarbonyl (C=S) groups is 1. The summed E-state index contributed by atoms with van der Waals surface area (Å²) in [5, 5.41) is 5.95. The molecular formula is C30H25N3O3S. The molecule has 5 rings (SSSR count). The van der Waals surface area contributed by atoms with Crippen LogP contribution in [0.5, 0.6) is 5.75 Å². The number of ether oxygens (including phenoxy) is 1. The van der Waals surface area contributed by atoms with Crippen LogP contribution in [0.2, 0.25) is 0 Å². The molecule has 184 valence electrons. The third-order valence-electron chi connectivity index (χ3n) is 5.99. The number of carbonyl (C=O) groups excluding carboxylic acids is 1. The first-order valence-electron chi connectivity index (χ1n) is 11.8. The third-order valence-corrected chi connectivity index (χ3v) is 6.19. The van der Waals surface area contributed by atoms with Crippen molar-refractivity contribution < 1.29 is 13.9 Å². The second-order valence-electron chi connectivity index (χ2n) is 8.71. The maximum Gasteiger partial charge on any atom is 0.257 e. The van der Waals surface area contributed by atoms with Crippen LogP contribution < -0.4 is 15.4 Å². The van der Waals surface area contributed by atoms with Crippen molar-refractivity contribution in [1.82, 2.24) is 10.3 Å². The van der Waals surface area contributed by atoms with E-state index in [1.807, 2.05) is 66.7 Å². The number of nitrogens with zero attached hydrogens (tertiary/aromatic N) is 1. The number of aryl methyl sites for hydroxylation is 2. The monoisotopic (exact) mass is 507 g/mol. The van der Waals surface area contributed by atoms with Gasteiger partial charge < -0.3 is 14.5 Å². The Morgan fingerprint density at radius 3 is 2.35 bits per heavy atom. The molecule has 0 saturated carbocycles. The molecule has 6 nitrogen and oxygen atoms in total. The summed E-state index contributed by atoms with van der Waals surface area (Å²) in [5.74, 6) is 0.935. The van der Waals surface area contributed by atoms with Gasteiger partial charge in [-0.3, -0.25) is 10.1 Å². The van der Waals surface area contributed by atoms with Crippen molar-refractivity contribution in [2.24, 2.45) is 0 Å². The van der Waals surface area contributed by atoms with Crippen LogP contribution in [-0.2, 0) is 6.61 Å². The zero-order valence-electron chi connectivity index (χ0n) is 20.4. The largest absolute Gasteiger partial charge is 0.489 e. The van der Waals surface area contributed by atoms with Gasteiger partial charge in [0.05, 0.1) is 0 Å². The van der Waals surface area contributed by atoms with Crippen LogP contribution in [-0.4, -0.2) is 16.0 Å². The van der Waals surface area contributed by atoms with E-state index in [9.17, 15) is 4.79 Å². The van der Waals surface area contributed by atoms with Crippen molar-refractivity contribution in [3.63, 3.8) is 0 Å². The first-order chi connectivity index (χ1) is 17.9. The minimum Gasteiger partial charge on any atom is -0.489 e. The number of amides is 1. The number of oxazole rings is 1. The molecule has 0 atom stereocenters. The smallest absolute Gasteiger partial charge is 0.257 e. The van der Waals surface area contributed by atoms with Crippen molar-refractivity contribution in [3.05, 3.63) is 113 Å². The summed E-state index contributed by atoms with van der Waals surface area (Å²) < 4.78 is 11.7. The zero-order valence-corrected chi connectivity index (χ0v) is 21.3. The first-order valence-corrected chi connectivity index (χ1v) is 12.2. The predicted molar refractivity (Wildman–Crippen MR) is 150 cm³/mol. The number of benzene rings is 4. The average Bonchev–Trinajstić information content (AvgIpc) is 3.31. The number of fused-ring (bicyclic) bond motifs is 1. The molecule has 2 N–H and O–H groups in total. The molecule has 0 radical (unpaired) electrons. The highest BCUT2D eigenvalue weighted by molar-refractivity contribution is 7.80. The molecule has 5 aromatic rings. The zero-order chi connectivity index (χ0) is 25.8. The molecule has 1 heterocycles. The number of rotatable bonds is 6. The van der Waals surface area contributed by atoms with Crippen molar-refractivity contribution in [3.8, 4) is 17.2 Å². The summed E-state index contributed by atoms with van der Waals surface area (Å²) in [7, 11) is 0. The van der Waals surface area contributed by atoms with Crippen molar-refractivity contribution in [2.45, 2.75) is 20.5 Å². The lowest BCUT2D eigenvalue weighted by Gasteiger charge is -2.11. The second-order valence-corrected chi connectivity index (χ2v) is 9.12. The van der Waals surface area contributed by atoms with Crippen LogP contribution in [0.3, 0.4) is 0 Å². The molecule has 0 aliphatic rings. The molecule has 0 fully saturated rings. The fraction of sp³-hybridized carbons (Fsp3) is 0.100. The Hall–Kier alpha value is -4.49. The van der Waals surface area contributed by atoms with Gasteiger partial charge in [0.2, 0.25) is 5.89 Å². The number of carbonyl (C=O) groups is 1. The van der Waals surface area contributed by atoms with Gasteiger partial charge in [-0.2, -0.15) is 0 Å². The van der Waals surface area contributed by atoms with E-state index >= 15 is 0 Å². The van der Waals surface area contributed by atoms with Crippen LogP contribution in [0.25, 0.3) is 22.6 Å². The molecular weight excluding hydrogens is 482 g/mol. The highest BCUT2D eigenvalue weighted by Gasteiger charge is 2.11. The Morgan fingerprint density at radius 1 is 0.919 bits per heavy atom. The quantitative estimate of drug-likeness (QED) is 0.246. The lowest BCUT2D eigenvalue weighted by molar-refractivity contribution is 0.0977. The molecule has 37 heavy (non-hydrogen) atoms. The standard InChI is InChI=1S/C30H25N3O3S/c1-19-16-26-27(17-20(19)2)36-29(32-26)23-8-12-24(13-9-23)31-30(37)33-28(34)22-10-14-25(15-11-22)35-18-21-6-4-3-5-7-21/h3-17H,18H2,1-2H3,(H2,31,33,34,37). The van der Waals surface area contributed by atoms with Crippen molar-refractivity contribution in [1.29, 1.82) is 0 Å². The van der Waals surface area contributed by atoms with E-state index in [0.29, 0.717) is 23.8 Å². The summed E-state index contributed by atoms with van der Waals surface area (Å²) in [6.45, 7) is 4.57. The minimum absolute atomic E-state index is 0.204. The average molecular weight is 508 g/mol. The van der Waals surface area contributed by atoms with Crippen LogP contribution >= 0.6 is 12.2 Å². The Labute approximate surface area is 220 Å². The minimum atomic E-state index is -0.305. The van der Waals surface area contributed by atoms with Gasteiger partial charge in [-0.05, 0) is 103 Å². The number of anilines is 1. The predicted octanol–water partition coefficient (Wildman–Crippen LogP) is 6.82. The highest BCUT2D eigenvalue weighted by Crippen LogP contribution is 2.27. The van der Waals surface area contributed by atoms with Gasteiger partial charge in [-0.1, -0.05) is 30.3 Å². The summed E-state index contributed by atoms with van der Waals surface area (Å²) in [5.41, 5.74) is 7.08. The SMILES string of the molecule is Cc1cc2nc(-c3ccc(NC(=S)NC(=O)c4ccc(OCc5ccccc5)cc4)cc3)oc2cc1C. The summed E-state index contributed by atoms with van der Waals surface area (Å²) in [6, 6.07) is 28.4. The van der Waals surface area contributed by atoms with E-state index in [4.69, 9.17) is 21.4 Å². The van der Waals surface area contributed by atoms with Crippen molar-refractivity contribution in [2.75, 3.05) is 5.32 Å². The van der Waals surface area contributed by atoms with E-state index in [2.05, 4.69) is 29.5 Å². The van der Waals surface area contributed by atoms with E-state index in [1.165, 1.54) is 5.56 Å². The summed E-state index contributed by atoms with van der Waals surface area (Å²) in [6.07, 6.45) is 0. The first kappa shape index (κ1) is 24.2. The lowest BCUT2D eigenvalue weighted by atomic mass is 10.1. The van der Waals surface area contributed by atoms with Gasteiger partial charge >= 0.3 is 0 Å². The topological polar surface area (TPSA) is 76.4 Å². The Balaban J connectivity index is 1.16. The summed E-state index contributed by atoms with van der Waals surface area (Å²) in [4.78, 5) is 17.2. The number of nitrogens with one attached hydrogen (secondary N) is 2. The Morgan fingerprint density at radius 2 is 1.62 bits per heavy atom. The summed E-state index contributed by atoms with van der Waals surface area (Å²) >= 11 is 5.33. The normalized spacial score (nSPS) is 10.8. The highest BCUT2D eigenvalue weighted by atomic mass is 32.1. The van der Waals surface area contributed by atoms with E-state index < -0.39 is 0 Å². The Bertz CT molecular complexity index is 1520. The van der Waals surface area contributed by atoms with Crippen LogP contribution in [0.1, 0.15) is 27.0 Å². The molecule has 1 amide bonds. The van der Waals surface area contributed by atoms with E-state index in [0.717, 1.165) is 33.5 Å². The number of hydrogen-bond acceptors (Lipinski definition) is 5. The number of hydrogen-bond donors (Lipinski definition) is 2. The lowest BCUT2D eigenvalue weighted by Crippen LogP contribution is -2.34. The number of aromatic nitrogens is 1. The molecule has 0 bridgehead atoms. The molecule has 0 saturated heterocycles. The van der Waals surface area contributed by atoms with Gasteiger partial charge in [-0.15, -0.1) is 0 Å². The molecule has 0 unspecified atom stereocenters. The molecule has 0 spiro atoms. The van der Waals surface area contributed by atoms with Gasteiger partial charge in [0.25, 0.3) is 5.91 Å². The van der Waals surface area contributed by atoms with Crippen molar-refractivity contribution >= 4 is 40.0 Å². The maximum atomic E-state index is 12.6. The van der Waals surface area contributed by atoms with E-state index in [1.54, 1.807) is 24.3 Å². The molecule has 1 aromatic heterocycles. The molecule has 4 aromatic carbocycles. The molecule has 0 aliphatic heterocycles. The van der Waals surface area contributed by atoms with Gasteiger partial charge in [0, 0.05) is 16.8 Å². The fourth-order valence-corrected chi connectivity index (χ4v) is 3.99. The fourth-order valence-electron chi connectivity index (χ4n) is 3.78. The third kappa shape index (κ3) is 5.85. The molecule has 0 aliphatic carbocycles. The van der Waals surface area contributed by atoms with Crippen LogP contribution in [0.15, 0.2) is 95.4 Å². The maximum absolute atomic E-state index is 12.6. The van der Waals surface area contributed by atoms with Crippen LogP contribution in [0.4, 0.5) is 5.69 Å². The van der Waals surface area contributed by atoms with E-state index in [-0.39, 0.29) is 11.0 Å². The molecule has 7 heteroatoms. The second kappa shape index (κ2) is 10.6. The van der Waals surface area contributed by atoms with Gasteiger partial charge in [-0.25, -0.2) is 4.98 Å².